The number of nitrogens with one attached hydrogen (secondary N) is 1. The van der Waals surface area contributed by atoms with Crippen LogP contribution in [-0.2, 0) is 6.54 Å². The number of anilines is 1. The Morgan fingerprint density at radius 3 is 2.40 bits per heavy atom. The average molecular weight is 318 g/mol. The second-order valence-electron chi connectivity index (χ2n) is 4.04. The summed E-state index contributed by atoms with van der Waals surface area (Å²) < 4.78 is 28.6. The van der Waals surface area contributed by atoms with Crippen LogP contribution in [0.1, 0.15) is 5.56 Å². The molecule has 2 rings (SSSR count). The Labute approximate surface area is 125 Å². The largest absolute Gasteiger partial charge is 0.435 e. The maximum absolute atomic E-state index is 12.1. The van der Waals surface area contributed by atoms with Crippen LogP contribution >= 0.6 is 23.2 Å². The summed E-state index contributed by atoms with van der Waals surface area (Å²) in [6, 6.07) is 11.5. The molecule has 2 aromatic rings. The standard InChI is InChI=1S/C14H11Cl2F2NO/c15-10-4-9(5-11(16)6-10)8-19-12-2-1-3-13(7-12)20-14(17)18/h1-7,14,19H,8H2. The van der Waals surface area contributed by atoms with Gasteiger partial charge in [-0.25, -0.2) is 0 Å². The summed E-state index contributed by atoms with van der Waals surface area (Å²) in [5, 5.41) is 4.18. The molecule has 0 bridgehead atoms. The van der Waals surface area contributed by atoms with Crippen molar-refractivity contribution >= 4 is 28.9 Å². The van der Waals surface area contributed by atoms with Crippen LogP contribution in [0.25, 0.3) is 0 Å². The molecule has 0 aliphatic heterocycles. The van der Waals surface area contributed by atoms with Gasteiger partial charge < -0.3 is 10.1 Å². The van der Waals surface area contributed by atoms with Gasteiger partial charge in [-0.3, -0.25) is 0 Å². The third-order valence-electron chi connectivity index (χ3n) is 2.48. The van der Waals surface area contributed by atoms with Gasteiger partial charge in [-0.05, 0) is 35.9 Å². The van der Waals surface area contributed by atoms with Gasteiger partial charge in [0.15, 0.2) is 0 Å². The lowest BCUT2D eigenvalue weighted by Crippen LogP contribution is -2.03. The number of hydrogen-bond donors (Lipinski definition) is 1. The third-order valence-corrected chi connectivity index (χ3v) is 2.91. The smallest absolute Gasteiger partial charge is 0.387 e. The predicted octanol–water partition coefficient (Wildman–Crippen LogP) is 5.21. The van der Waals surface area contributed by atoms with E-state index in [1.807, 2.05) is 0 Å². The van der Waals surface area contributed by atoms with Crippen molar-refractivity contribution in [2.24, 2.45) is 0 Å². The summed E-state index contributed by atoms with van der Waals surface area (Å²) in [6.45, 7) is -2.37. The fourth-order valence-corrected chi connectivity index (χ4v) is 2.27. The molecule has 2 nitrogen and oxygen atoms in total. The van der Waals surface area contributed by atoms with E-state index < -0.39 is 6.61 Å². The van der Waals surface area contributed by atoms with E-state index in [1.165, 1.54) is 12.1 Å². The Kier molecular flexibility index (Phi) is 5.04. The highest BCUT2D eigenvalue weighted by Crippen LogP contribution is 2.22. The first-order valence-electron chi connectivity index (χ1n) is 5.76. The molecule has 0 saturated heterocycles. The Morgan fingerprint density at radius 2 is 1.75 bits per heavy atom. The van der Waals surface area contributed by atoms with Gasteiger partial charge in [0.05, 0.1) is 0 Å². The van der Waals surface area contributed by atoms with Crippen molar-refractivity contribution in [1.82, 2.24) is 0 Å². The lowest BCUT2D eigenvalue weighted by molar-refractivity contribution is -0.0498. The van der Waals surface area contributed by atoms with E-state index in [9.17, 15) is 8.78 Å². The maximum atomic E-state index is 12.1. The Balaban J connectivity index is 2.03. The van der Waals surface area contributed by atoms with Gasteiger partial charge in [0, 0.05) is 28.3 Å². The zero-order chi connectivity index (χ0) is 14.5. The predicted molar refractivity (Wildman–Crippen MR) is 76.9 cm³/mol. The van der Waals surface area contributed by atoms with Gasteiger partial charge in [0.1, 0.15) is 5.75 Å². The average Bonchev–Trinajstić information content (AvgIpc) is 2.35. The molecule has 0 amide bonds. The molecule has 2 aromatic carbocycles. The van der Waals surface area contributed by atoms with E-state index in [1.54, 1.807) is 30.3 Å². The van der Waals surface area contributed by atoms with Gasteiger partial charge in [0.2, 0.25) is 0 Å². The SMILES string of the molecule is FC(F)Oc1cccc(NCc2cc(Cl)cc(Cl)c2)c1. The van der Waals surface area contributed by atoms with Gasteiger partial charge >= 0.3 is 6.61 Å². The molecule has 0 aliphatic carbocycles. The van der Waals surface area contributed by atoms with E-state index in [0.29, 0.717) is 22.3 Å². The molecule has 0 aliphatic rings. The van der Waals surface area contributed by atoms with Crippen LogP contribution in [0.2, 0.25) is 10.0 Å². The topological polar surface area (TPSA) is 21.3 Å². The Morgan fingerprint density at radius 1 is 1.05 bits per heavy atom. The van der Waals surface area contributed by atoms with E-state index in [0.717, 1.165) is 5.56 Å². The molecule has 0 spiro atoms. The van der Waals surface area contributed by atoms with Gasteiger partial charge in [0.25, 0.3) is 0 Å². The molecule has 20 heavy (non-hydrogen) atoms. The first-order chi connectivity index (χ1) is 9.52. The molecule has 1 N–H and O–H groups in total. The van der Waals surface area contributed by atoms with Crippen LogP contribution in [-0.4, -0.2) is 6.61 Å². The van der Waals surface area contributed by atoms with Crippen molar-refractivity contribution in [3.05, 3.63) is 58.1 Å². The van der Waals surface area contributed by atoms with Crippen molar-refractivity contribution in [1.29, 1.82) is 0 Å². The summed E-state index contributed by atoms with van der Waals surface area (Å²) in [6.07, 6.45) is 0. The lowest BCUT2D eigenvalue weighted by Gasteiger charge is -2.10. The normalized spacial score (nSPS) is 10.7. The molecule has 0 heterocycles. The summed E-state index contributed by atoms with van der Waals surface area (Å²) in [5.41, 5.74) is 1.56. The molecule has 6 heteroatoms. The second kappa shape index (κ2) is 6.77. The molecule has 0 radical (unpaired) electrons. The maximum Gasteiger partial charge on any atom is 0.387 e. The summed E-state index contributed by atoms with van der Waals surface area (Å²) in [5.74, 6) is 0.106. The molecule has 0 aromatic heterocycles. The minimum atomic E-state index is -2.84. The van der Waals surface area contributed by atoms with E-state index in [-0.39, 0.29) is 5.75 Å². The molecule has 0 saturated carbocycles. The zero-order valence-electron chi connectivity index (χ0n) is 10.2. The monoisotopic (exact) mass is 317 g/mol. The number of benzene rings is 2. The van der Waals surface area contributed by atoms with Crippen molar-refractivity contribution < 1.29 is 13.5 Å². The van der Waals surface area contributed by atoms with Crippen LogP contribution in [0.15, 0.2) is 42.5 Å². The molecule has 0 fully saturated rings. The molecular weight excluding hydrogens is 307 g/mol. The van der Waals surface area contributed by atoms with Crippen molar-refractivity contribution in [2.45, 2.75) is 13.2 Å². The number of rotatable bonds is 5. The van der Waals surface area contributed by atoms with Crippen LogP contribution in [0.4, 0.5) is 14.5 Å². The Bertz CT molecular complexity index is 573. The first kappa shape index (κ1) is 14.9. The summed E-state index contributed by atoms with van der Waals surface area (Å²) in [4.78, 5) is 0. The van der Waals surface area contributed by atoms with Crippen molar-refractivity contribution in [3.8, 4) is 5.75 Å². The molecule has 106 valence electrons. The summed E-state index contributed by atoms with van der Waals surface area (Å²) >= 11 is 11.8. The number of hydrogen-bond acceptors (Lipinski definition) is 2. The van der Waals surface area contributed by atoms with Gasteiger partial charge in [-0.1, -0.05) is 29.3 Å². The Hall–Kier alpha value is -1.52. The lowest BCUT2D eigenvalue weighted by atomic mass is 10.2. The van der Waals surface area contributed by atoms with Crippen LogP contribution in [0.5, 0.6) is 5.75 Å². The minimum absolute atomic E-state index is 0.106. The van der Waals surface area contributed by atoms with E-state index >= 15 is 0 Å². The molecular formula is C14H11Cl2F2NO. The summed E-state index contributed by atoms with van der Waals surface area (Å²) in [7, 11) is 0. The van der Waals surface area contributed by atoms with E-state index in [4.69, 9.17) is 23.2 Å². The molecule has 0 unspecified atom stereocenters. The number of alkyl halides is 2. The fraction of sp³-hybridized carbons (Fsp3) is 0.143. The van der Waals surface area contributed by atoms with Gasteiger partial charge in [-0.15, -0.1) is 0 Å². The second-order valence-corrected chi connectivity index (χ2v) is 4.91. The van der Waals surface area contributed by atoms with Crippen LogP contribution in [0.3, 0.4) is 0 Å². The highest BCUT2D eigenvalue weighted by Gasteiger charge is 2.05. The number of ether oxygens (including phenoxy) is 1. The van der Waals surface area contributed by atoms with Crippen molar-refractivity contribution in [3.63, 3.8) is 0 Å². The first-order valence-corrected chi connectivity index (χ1v) is 6.52. The van der Waals surface area contributed by atoms with Crippen LogP contribution in [0, 0.1) is 0 Å². The third kappa shape index (κ3) is 4.54. The number of halogens is 4. The van der Waals surface area contributed by atoms with Crippen LogP contribution < -0.4 is 10.1 Å². The fourth-order valence-electron chi connectivity index (χ4n) is 1.70. The van der Waals surface area contributed by atoms with Gasteiger partial charge in [-0.2, -0.15) is 8.78 Å². The molecule has 0 atom stereocenters. The highest BCUT2D eigenvalue weighted by molar-refractivity contribution is 6.34. The minimum Gasteiger partial charge on any atom is -0.435 e. The highest BCUT2D eigenvalue weighted by atomic mass is 35.5. The zero-order valence-corrected chi connectivity index (χ0v) is 11.8. The van der Waals surface area contributed by atoms with E-state index in [2.05, 4.69) is 10.1 Å². The van der Waals surface area contributed by atoms with Crippen molar-refractivity contribution in [2.75, 3.05) is 5.32 Å². The quantitative estimate of drug-likeness (QED) is 0.817.